The van der Waals surface area contributed by atoms with Crippen LogP contribution in [0.1, 0.15) is 68.1 Å². The van der Waals surface area contributed by atoms with Crippen LogP contribution in [0.15, 0.2) is 40.3 Å². The van der Waals surface area contributed by atoms with Crippen LogP contribution in [-0.4, -0.2) is 32.9 Å². The third-order valence-electron chi connectivity index (χ3n) is 6.87. The highest BCUT2D eigenvalue weighted by atomic mass is 32.1. The Kier molecular flexibility index (Phi) is 5.38. The van der Waals surface area contributed by atoms with Crippen LogP contribution in [-0.2, 0) is 17.9 Å². The average Bonchev–Trinajstić information content (AvgIpc) is 3.46. The van der Waals surface area contributed by atoms with Gasteiger partial charge in [0.15, 0.2) is 0 Å². The van der Waals surface area contributed by atoms with E-state index in [9.17, 15) is 9.59 Å². The fraction of sp³-hybridized carbons (Fsp3) is 0.500. The first-order chi connectivity index (χ1) is 15.1. The first-order valence-electron chi connectivity index (χ1n) is 11.3. The monoisotopic (exact) mass is 439 g/mol. The maximum absolute atomic E-state index is 13.7. The molecule has 0 spiro atoms. The van der Waals surface area contributed by atoms with Gasteiger partial charge in [0, 0.05) is 6.04 Å². The highest BCUT2D eigenvalue weighted by molar-refractivity contribution is 7.17. The van der Waals surface area contributed by atoms with E-state index in [1.807, 2.05) is 41.1 Å². The average molecular weight is 440 g/mol. The fourth-order valence-electron chi connectivity index (χ4n) is 5.02. The number of nitrogens with zero attached hydrogens (tertiary/aromatic N) is 2. The summed E-state index contributed by atoms with van der Waals surface area (Å²) in [6, 6.07) is 7.83. The summed E-state index contributed by atoms with van der Waals surface area (Å²) < 4.78 is 8.63. The molecule has 2 aliphatic rings. The van der Waals surface area contributed by atoms with Crippen molar-refractivity contribution in [2.75, 3.05) is 0 Å². The molecule has 1 fully saturated rings. The van der Waals surface area contributed by atoms with Crippen LogP contribution < -0.4 is 5.32 Å². The Bertz CT molecular complexity index is 1080. The molecule has 1 saturated carbocycles. The van der Waals surface area contributed by atoms with Gasteiger partial charge < -0.3 is 19.2 Å². The van der Waals surface area contributed by atoms with Gasteiger partial charge >= 0.3 is 0 Å². The summed E-state index contributed by atoms with van der Waals surface area (Å²) in [5.41, 5.74) is 0.674. The van der Waals surface area contributed by atoms with E-state index in [1.54, 1.807) is 22.5 Å². The molecule has 1 N–H and O–H groups in total. The molecule has 1 aliphatic carbocycles. The van der Waals surface area contributed by atoms with E-state index in [-0.39, 0.29) is 24.4 Å². The predicted molar refractivity (Wildman–Crippen MR) is 121 cm³/mol. The van der Waals surface area contributed by atoms with Crippen LogP contribution in [0.5, 0.6) is 0 Å². The van der Waals surface area contributed by atoms with Crippen LogP contribution >= 0.6 is 11.3 Å². The number of rotatable bonds is 4. The highest BCUT2D eigenvalue weighted by Crippen LogP contribution is 2.35. The van der Waals surface area contributed by atoms with Crippen molar-refractivity contribution in [2.24, 2.45) is 0 Å². The van der Waals surface area contributed by atoms with Gasteiger partial charge in [0.25, 0.3) is 5.91 Å². The lowest BCUT2D eigenvalue weighted by molar-refractivity contribution is -0.134. The van der Waals surface area contributed by atoms with Gasteiger partial charge in [-0.3, -0.25) is 9.59 Å². The molecule has 2 amide bonds. The Morgan fingerprint density at radius 3 is 2.74 bits per heavy atom. The molecule has 1 atom stereocenters. The van der Waals surface area contributed by atoms with Crippen molar-refractivity contribution < 1.29 is 14.0 Å². The summed E-state index contributed by atoms with van der Waals surface area (Å²) in [5, 5.41) is 5.35. The third kappa shape index (κ3) is 3.69. The summed E-state index contributed by atoms with van der Waals surface area (Å²) in [6.45, 7) is 2.61. The number of carbonyl (C=O) groups is 2. The second kappa shape index (κ2) is 8.19. The van der Waals surface area contributed by atoms with Gasteiger partial charge in [-0.05, 0) is 49.4 Å². The zero-order chi connectivity index (χ0) is 21.4. The molecule has 3 aromatic rings. The van der Waals surface area contributed by atoms with Gasteiger partial charge in [-0.15, -0.1) is 11.3 Å². The zero-order valence-corrected chi connectivity index (χ0v) is 18.7. The molecule has 1 aliphatic heterocycles. The number of carbonyl (C=O) groups excluding carboxylic acids is 2. The molecular weight excluding hydrogens is 410 g/mol. The minimum Gasteiger partial charge on any atom is -0.467 e. The molecule has 5 rings (SSSR count). The number of thiophene rings is 1. The van der Waals surface area contributed by atoms with E-state index in [2.05, 4.69) is 5.32 Å². The number of amides is 2. The van der Waals surface area contributed by atoms with Crippen molar-refractivity contribution in [2.45, 2.75) is 76.5 Å². The number of hydrogen-bond acceptors (Lipinski definition) is 4. The number of hydrogen-bond donors (Lipinski definition) is 1. The summed E-state index contributed by atoms with van der Waals surface area (Å²) in [4.78, 5) is 29.0. The first kappa shape index (κ1) is 20.4. The van der Waals surface area contributed by atoms with Crippen LogP contribution in [0.3, 0.4) is 0 Å². The Hall–Kier alpha value is -2.54. The van der Waals surface area contributed by atoms with Gasteiger partial charge in [0.2, 0.25) is 5.91 Å². The van der Waals surface area contributed by atoms with E-state index in [0.717, 1.165) is 35.9 Å². The molecule has 1 unspecified atom stereocenters. The standard InChI is InChI=1S/C24H29N3O3S/c1-24(23(29)25-17-8-5-3-2-4-6-9-17)16-26-19-11-13-31-21(19)14-20(26)22(28)27(24)15-18-10-7-12-30-18/h7,10-14,17H,2-6,8-9,15-16H2,1H3,(H,25,29). The molecule has 6 nitrogen and oxygen atoms in total. The third-order valence-corrected chi connectivity index (χ3v) is 7.73. The number of aromatic nitrogens is 1. The quantitative estimate of drug-likeness (QED) is 0.626. The van der Waals surface area contributed by atoms with Crippen molar-refractivity contribution in [3.05, 3.63) is 47.4 Å². The summed E-state index contributed by atoms with van der Waals surface area (Å²) in [5.74, 6) is 0.488. The Morgan fingerprint density at radius 2 is 2.00 bits per heavy atom. The Labute approximate surface area is 186 Å². The molecule has 31 heavy (non-hydrogen) atoms. The lowest BCUT2D eigenvalue weighted by Gasteiger charge is -2.44. The molecular formula is C24H29N3O3S. The van der Waals surface area contributed by atoms with E-state index in [4.69, 9.17) is 4.42 Å². The van der Waals surface area contributed by atoms with Gasteiger partial charge in [-0.2, -0.15) is 0 Å². The van der Waals surface area contributed by atoms with Crippen molar-refractivity contribution in [3.63, 3.8) is 0 Å². The minimum absolute atomic E-state index is 0.0688. The SMILES string of the molecule is CC1(C(=O)NC2CCCCCCC2)Cn2c(cc3sccc32)C(=O)N1Cc1ccco1. The van der Waals surface area contributed by atoms with Gasteiger partial charge in [0.1, 0.15) is 17.0 Å². The summed E-state index contributed by atoms with van der Waals surface area (Å²) >= 11 is 1.62. The lowest BCUT2D eigenvalue weighted by Crippen LogP contribution is -2.64. The van der Waals surface area contributed by atoms with E-state index in [1.165, 1.54) is 19.3 Å². The molecule has 0 aromatic carbocycles. The molecule has 7 heteroatoms. The fourth-order valence-corrected chi connectivity index (χ4v) is 5.84. The van der Waals surface area contributed by atoms with Crippen molar-refractivity contribution in [3.8, 4) is 0 Å². The largest absolute Gasteiger partial charge is 0.467 e. The molecule has 0 saturated heterocycles. The Morgan fingerprint density at radius 1 is 1.23 bits per heavy atom. The summed E-state index contributed by atoms with van der Waals surface area (Å²) in [6.07, 6.45) is 9.67. The second-order valence-corrected chi connectivity index (χ2v) is 9.99. The highest BCUT2D eigenvalue weighted by Gasteiger charge is 2.48. The van der Waals surface area contributed by atoms with Crippen LogP contribution in [0.25, 0.3) is 10.2 Å². The number of nitrogens with one attached hydrogen (secondary N) is 1. The molecule has 4 heterocycles. The van der Waals surface area contributed by atoms with Crippen LogP contribution in [0.2, 0.25) is 0 Å². The lowest BCUT2D eigenvalue weighted by atomic mass is 9.92. The van der Waals surface area contributed by atoms with E-state index >= 15 is 0 Å². The maximum atomic E-state index is 13.7. The molecule has 164 valence electrons. The number of furan rings is 1. The van der Waals surface area contributed by atoms with Gasteiger partial charge in [-0.1, -0.05) is 32.1 Å². The van der Waals surface area contributed by atoms with Gasteiger partial charge in [-0.25, -0.2) is 0 Å². The first-order valence-corrected chi connectivity index (χ1v) is 12.2. The van der Waals surface area contributed by atoms with Gasteiger partial charge in [0.05, 0.1) is 29.6 Å². The Balaban J connectivity index is 1.48. The maximum Gasteiger partial charge on any atom is 0.271 e. The smallest absolute Gasteiger partial charge is 0.271 e. The normalized spacial score (nSPS) is 22.9. The van der Waals surface area contributed by atoms with Crippen LogP contribution in [0.4, 0.5) is 0 Å². The molecule has 0 bridgehead atoms. The molecule has 3 aromatic heterocycles. The van der Waals surface area contributed by atoms with Crippen molar-refractivity contribution >= 4 is 33.4 Å². The van der Waals surface area contributed by atoms with Crippen molar-refractivity contribution in [1.29, 1.82) is 0 Å². The zero-order valence-electron chi connectivity index (χ0n) is 17.9. The van der Waals surface area contributed by atoms with Crippen LogP contribution in [0, 0.1) is 0 Å². The predicted octanol–water partition coefficient (Wildman–Crippen LogP) is 4.94. The molecule has 0 radical (unpaired) electrons. The second-order valence-electron chi connectivity index (χ2n) is 9.05. The van der Waals surface area contributed by atoms with E-state index < -0.39 is 5.54 Å². The van der Waals surface area contributed by atoms with Crippen molar-refractivity contribution in [1.82, 2.24) is 14.8 Å². The minimum atomic E-state index is -0.993. The summed E-state index contributed by atoms with van der Waals surface area (Å²) in [7, 11) is 0. The number of fused-ring (bicyclic) bond motifs is 3. The topological polar surface area (TPSA) is 67.5 Å². The van der Waals surface area contributed by atoms with E-state index in [0.29, 0.717) is 18.0 Å².